The van der Waals surface area contributed by atoms with Gasteiger partial charge in [-0.05, 0) is 12.8 Å². The molecule has 0 amide bonds. The fourth-order valence-corrected chi connectivity index (χ4v) is 1.38. The molecule has 0 aliphatic heterocycles. The molecule has 18 heavy (non-hydrogen) atoms. The zero-order valence-corrected chi connectivity index (χ0v) is 10.9. The molecular weight excluding hydrogens is 234 g/mol. The van der Waals surface area contributed by atoms with E-state index in [2.05, 4.69) is 15.3 Å². The summed E-state index contributed by atoms with van der Waals surface area (Å²) in [7, 11) is 1.63. The van der Waals surface area contributed by atoms with Crippen LogP contribution >= 0.6 is 0 Å². The number of hydrogen-bond donors (Lipinski definition) is 2. The highest BCUT2D eigenvalue weighted by Crippen LogP contribution is 2.12. The molecule has 6 nitrogen and oxygen atoms in total. The third-order valence-electron chi connectivity index (χ3n) is 2.34. The van der Waals surface area contributed by atoms with E-state index in [-0.39, 0.29) is 12.6 Å². The van der Waals surface area contributed by atoms with Crippen molar-refractivity contribution < 1.29 is 14.6 Å². The van der Waals surface area contributed by atoms with Crippen LogP contribution in [0.25, 0.3) is 0 Å². The second-order valence-electron chi connectivity index (χ2n) is 3.90. The van der Waals surface area contributed by atoms with Crippen molar-refractivity contribution in [3.63, 3.8) is 0 Å². The third-order valence-corrected chi connectivity index (χ3v) is 2.34. The van der Waals surface area contributed by atoms with Crippen LogP contribution in [0.4, 0.5) is 5.82 Å². The molecule has 0 saturated heterocycles. The summed E-state index contributed by atoms with van der Waals surface area (Å²) in [6.07, 6.45) is 3.08. The Morgan fingerprint density at radius 3 is 2.89 bits per heavy atom. The lowest BCUT2D eigenvalue weighted by Crippen LogP contribution is -2.25. The highest BCUT2D eigenvalue weighted by molar-refractivity contribution is 5.38. The minimum atomic E-state index is -0.0844. The van der Waals surface area contributed by atoms with Gasteiger partial charge in [-0.1, -0.05) is 6.92 Å². The standard InChI is InChI=1S/C12H21N3O3/c1-3-5-18-12-7-11(13-9-14-12)15-10(8-16)4-6-17-2/h7,9-10,16H,3-6,8H2,1-2H3,(H,13,14,15). The van der Waals surface area contributed by atoms with Crippen LogP contribution in [-0.4, -0.2) is 48.0 Å². The van der Waals surface area contributed by atoms with Gasteiger partial charge in [0.2, 0.25) is 5.88 Å². The number of ether oxygens (including phenoxy) is 2. The van der Waals surface area contributed by atoms with E-state index in [4.69, 9.17) is 9.47 Å². The third kappa shape index (κ3) is 5.29. The molecule has 6 heteroatoms. The molecule has 2 N–H and O–H groups in total. The number of aromatic nitrogens is 2. The molecule has 1 aromatic heterocycles. The number of aliphatic hydroxyl groups excluding tert-OH is 1. The highest BCUT2D eigenvalue weighted by atomic mass is 16.5. The van der Waals surface area contributed by atoms with Crippen LogP contribution in [0.3, 0.4) is 0 Å². The Balaban J connectivity index is 2.53. The van der Waals surface area contributed by atoms with E-state index in [1.807, 2.05) is 6.92 Å². The number of aliphatic hydroxyl groups is 1. The van der Waals surface area contributed by atoms with Gasteiger partial charge in [0.15, 0.2) is 0 Å². The summed E-state index contributed by atoms with van der Waals surface area (Å²) in [4.78, 5) is 8.10. The summed E-state index contributed by atoms with van der Waals surface area (Å²) in [5.41, 5.74) is 0. The smallest absolute Gasteiger partial charge is 0.218 e. The van der Waals surface area contributed by atoms with Crippen molar-refractivity contribution in [2.24, 2.45) is 0 Å². The van der Waals surface area contributed by atoms with Crippen LogP contribution in [0.5, 0.6) is 5.88 Å². The Morgan fingerprint density at radius 2 is 2.22 bits per heavy atom. The van der Waals surface area contributed by atoms with E-state index in [0.717, 1.165) is 6.42 Å². The van der Waals surface area contributed by atoms with Crippen molar-refractivity contribution >= 4 is 5.82 Å². The minimum Gasteiger partial charge on any atom is -0.478 e. The van der Waals surface area contributed by atoms with Crippen molar-refractivity contribution in [1.29, 1.82) is 0 Å². The van der Waals surface area contributed by atoms with Crippen molar-refractivity contribution in [3.8, 4) is 5.88 Å². The second-order valence-corrected chi connectivity index (χ2v) is 3.90. The van der Waals surface area contributed by atoms with Gasteiger partial charge in [0, 0.05) is 19.8 Å². The fraction of sp³-hybridized carbons (Fsp3) is 0.667. The van der Waals surface area contributed by atoms with Crippen LogP contribution in [0.2, 0.25) is 0 Å². The Labute approximate surface area is 107 Å². The first kappa shape index (κ1) is 14.7. The number of anilines is 1. The van der Waals surface area contributed by atoms with Crippen molar-refractivity contribution in [2.45, 2.75) is 25.8 Å². The Morgan fingerprint density at radius 1 is 1.39 bits per heavy atom. The normalized spacial score (nSPS) is 12.2. The van der Waals surface area contributed by atoms with Gasteiger partial charge >= 0.3 is 0 Å². The predicted octanol–water partition coefficient (Wildman–Crippen LogP) is 1.07. The lowest BCUT2D eigenvalue weighted by atomic mass is 10.2. The Hall–Kier alpha value is -1.40. The summed E-state index contributed by atoms with van der Waals surface area (Å²) in [5.74, 6) is 1.18. The lowest BCUT2D eigenvalue weighted by Gasteiger charge is -2.16. The molecule has 1 atom stereocenters. The minimum absolute atomic E-state index is 0.0263. The molecule has 1 heterocycles. The largest absolute Gasteiger partial charge is 0.478 e. The summed E-state index contributed by atoms with van der Waals surface area (Å²) in [6.45, 7) is 3.28. The molecule has 0 bridgehead atoms. The second kappa shape index (κ2) is 8.66. The first-order chi connectivity index (χ1) is 8.80. The Bertz CT molecular complexity index is 336. The van der Waals surface area contributed by atoms with Crippen LogP contribution in [0.1, 0.15) is 19.8 Å². The van der Waals surface area contributed by atoms with Gasteiger partial charge in [-0.15, -0.1) is 0 Å². The van der Waals surface area contributed by atoms with Gasteiger partial charge < -0.3 is 19.9 Å². The van der Waals surface area contributed by atoms with Crippen LogP contribution in [0.15, 0.2) is 12.4 Å². The summed E-state index contributed by atoms with van der Waals surface area (Å²) in [6, 6.07) is 1.64. The van der Waals surface area contributed by atoms with Crippen molar-refractivity contribution in [1.82, 2.24) is 9.97 Å². The maximum Gasteiger partial charge on any atom is 0.218 e. The topological polar surface area (TPSA) is 76.5 Å². The van der Waals surface area contributed by atoms with Gasteiger partial charge in [-0.2, -0.15) is 0 Å². The van der Waals surface area contributed by atoms with Gasteiger partial charge in [-0.25, -0.2) is 9.97 Å². The monoisotopic (exact) mass is 255 g/mol. The zero-order chi connectivity index (χ0) is 13.2. The van der Waals surface area contributed by atoms with Crippen LogP contribution in [-0.2, 0) is 4.74 Å². The summed E-state index contributed by atoms with van der Waals surface area (Å²) < 4.78 is 10.4. The summed E-state index contributed by atoms with van der Waals surface area (Å²) >= 11 is 0. The molecule has 0 spiro atoms. The maximum absolute atomic E-state index is 9.23. The van der Waals surface area contributed by atoms with Gasteiger partial charge in [0.1, 0.15) is 12.1 Å². The predicted molar refractivity (Wildman–Crippen MR) is 68.8 cm³/mol. The number of rotatable bonds is 9. The van der Waals surface area contributed by atoms with Gasteiger partial charge in [0.05, 0.1) is 19.3 Å². The zero-order valence-electron chi connectivity index (χ0n) is 10.9. The first-order valence-corrected chi connectivity index (χ1v) is 6.11. The molecule has 102 valence electrons. The van der Waals surface area contributed by atoms with E-state index >= 15 is 0 Å². The number of methoxy groups -OCH3 is 1. The quantitative estimate of drug-likeness (QED) is 0.687. The molecule has 0 fully saturated rings. The van der Waals surface area contributed by atoms with Crippen molar-refractivity contribution in [3.05, 3.63) is 12.4 Å². The highest BCUT2D eigenvalue weighted by Gasteiger charge is 2.08. The van der Waals surface area contributed by atoms with Crippen LogP contribution in [0, 0.1) is 0 Å². The SMILES string of the molecule is CCCOc1cc(NC(CO)CCOC)ncn1. The Kier molecular flexibility index (Phi) is 7.05. The lowest BCUT2D eigenvalue weighted by molar-refractivity contribution is 0.174. The van der Waals surface area contributed by atoms with Crippen LogP contribution < -0.4 is 10.1 Å². The van der Waals surface area contributed by atoms with E-state index in [9.17, 15) is 5.11 Å². The van der Waals surface area contributed by atoms with E-state index < -0.39 is 0 Å². The van der Waals surface area contributed by atoms with Gasteiger partial charge in [-0.3, -0.25) is 0 Å². The molecule has 0 aromatic carbocycles. The molecule has 0 radical (unpaired) electrons. The summed E-state index contributed by atoms with van der Waals surface area (Å²) in [5, 5.41) is 12.4. The molecule has 0 aliphatic rings. The first-order valence-electron chi connectivity index (χ1n) is 6.11. The molecule has 1 rings (SSSR count). The van der Waals surface area contributed by atoms with E-state index in [1.54, 1.807) is 13.2 Å². The maximum atomic E-state index is 9.23. The van der Waals surface area contributed by atoms with Gasteiger partial charge in [0.25, 0.3) is 0 Å². The van der Waals surface area contributed by atoms with E-state index in [1.165, 1.54) is 6.33 Å². The molecule has 1 aromatic rings. The molecule has 0 aliphatic carbocycles. The molecular formula is C12H21N3O3. The fourth-order valence-electron chi connectivity index (χ4n) is 1.38. The number of hydrogen-bond acceptors (Lipinski definition) is 6. The number of nitrogens with one attached hydrogen (secondary N) is 1. The van der Waals surface area contributed by atoms with E-state index in [0.29, 0.717) is 31.3 Å². The average Bonchev–Trinajstić information content (AvgIpc) is 2.41. The number of nitrogens with zero attached hydrogens (tertiary/aromatic N) is 2. The molecule has 1 unspecified atom stereocenters. The van der Waals surface area contributed by atoms with Crippen molar-refractivity contribution in [2.75, 3.05) is 32.2 Å². The molecule has 0 saturated carbocycles. The average molecular weight is 255 g/mol.